The van der Waals surface area contributed by atoms with Crippen LogP contribution in [0.5, 0.6) is 0 Å². The molecule has 42 heavy (non-hydrogen) atoms. The molecular weight excluding hydrogens is 552 g/mol. The second-order valence-corrected chi connectivity index (χ2v) is 11.7. The summed E-state index contributed by atoms with van der Waals surface area (Å²) in [6, 6.07) is 18.8. The molecule has 2 aliphatic heterocycles. The predicted octanol–water partition coefficient (Wildman–Crippen LogP) is 3.91. The monoisotopic (exact) mass is 588 g/mol. The first-order valence-corrected chi connectivity index (χ1v) is 15.3. The number of benzene rings is 2. The number of hydrogen-bond acceptors (Lipinski definition) is 8. The number of anilines is 1. The second-order valence-electron chi connectivity index (χ2n) is 10.5. The SMILES string of the molecule is C=C1N[C@H]2[C@H](CS[C@H]2CCCCC(=O)Nc2ccc(C(=O)NCCCNC(=O)c3cc(-c4ccccc4)on3)cc2)N1. The number of unbranched alkanes of at least 4 members (excludes halogenated alkanes) is 1. The van der Waals surface area contributed by atoms with Gasteiger partial charge in [-0.1, -0.05) is 48.5 Å². The zero-order chi connectivity index (χ0) is 29.3. The van der Waals surface area contributed by atoms with Gasteiger partial charge in [0.25, 0.3) is 11.8 Å². The highest BCUT2D eigenvalue weighted by Gasteiger charge is 2.40. The first-order valence-electron chi connectivity index (χ1n) is 14.3. The fourth-order valence-electron chi connectivity index (χ4n) is 5.11. The second kappa shape index (κ2) is 14.1. The van der Waals surface area contributed by atoms with Gasteiger partial charge in [0.1, 0.15) is 0 Å². The van der Waals surface area contributed by atoms with Crippen LogP contribution in [0.1, 0.15) is 53.0 Å². The number of thioether (sulfide) groups is 1. The van der Waals surface area contributed by atoms with Crippen LogP contribution in [0.3, 0.4) is 0 Å². The van der Waals surface area contributed by atoms with Gasteiger partial charge < -0.3 is 31.1 Å². The molecule has 3 atom stereocenters. The van der Waals surface area contributed by atoms with E-state index >= 15 is 0 Å². The third kappa shape index (κ3) is 7.73. The third-order valence-corrected chi connectivity index (χ3v) is 8.83. The number of amides is 3. The van der Waals surface area contributed by atoms with E-state index in [2.05, 4.69) is 38.3 Å². The van der Waals surface area contributed by atoms with E-state index in [0.717, 1.165) is 36.4 Å². The lowest BCUT2D eigenvalue weighted by Crippen LogP contribution is -2.36. The normalized spacial score (nSPS) is 19.0. The number of nitrogens with zero attached hydrogens (tertiary/aromatic N) is 1. The van der Waals surface area contributed by atoms with Crippen LogP contribution < -0.4 is 26.6 Å². The van der Waals surface area contributed by atoms with Gasteiger partial charge in [0.05, 0.1) is 17.9 Å². The van der Waals surface area contributed by atoms with Gasteiger partial charge in [-0.05, 0) is 43.5 Å². The van der Waals surface area contributed by atoms with E-state index in [1.54, 1.807) is 30.3 Å². The van der Waals surface area contributed by atoms with Crippen LogP contribution in [0.2, 0.25) is 0 Å². The minimum atomic E-state index is -0.332. The molecule has 0 radical (unpaired) electrons. The minimum Gasteiger partial charge on any atom is -0.367 e. The smallest absolute Gasteiger partial charge is 0.273 e. The first kappa shape index (κ1) is 29.2. The summed E-state index contributed by atoms with van der Waals surface area (Å²) in [4.78, 5) is 37.2. The molecule has 1 aromatic heterocycles. The molecule has 3 aromatic rings. The molecule has 0 saturated carbocycles. The van der Waals surface area contributed by atoms with E-state index in [9.17, 15) is 14.4 Å². The Hall–Kier alpha value is -4.25. The Labute approximate surface area is 249 Å². The van der Waals surface area contributed by atoms with Crippen molar-refractivity contribution < 1.29 is 18.9 Å². The maximum atomic E-state index is 12.5. The van der Waals surface area contributed by atoms with Gasteiger partial charge >= 0.3 is 0 Å². The number of carbonyl (C=O) groups is 3. The summed E-state index contributed by atoms with van der Waals surface area (Å²) in [6.07, 6.45) is 3.93. The van der Waals surface area contributed by atoms with E-state index in [0.29, 0.717) is 60.3 Å². The lowest BCUT2D eigenvalue weighted by Gasteiger charge is -2.17. The number of fused-ring (bicyclic) bond motifs is 1. The summed E-state index contributed by atoms with van der Waals surface area (Å²) in [5.74, 6) is 1.96. The first-order chi connectivity index (χ1) is 20.5. The van der Waals surface area contributed by atoms with Gasteiger partial charge in [-0.3, -0.25) is 14.4 Å². The molecular formula is C31H36N6O4S. The van der Waals surface area contributed by atoms with Crippen molar-refractivity contribution in [2.45, 2.75) is 49.4 Å². The highest BCUT2D eigenvalue weighted by atomic mass is 32.2. The van der Waals surface area contributed by atoms with E-state index in [-0.39, 0.29) is 23.4 Å². The molecule has 3 heterocycles. The number of aromatic nitrogens is 1. The molecule has 11 heteroatoms. The Bertz CT molecular complexity index is 1390. The molecule has 0 spiro atoms. The lowest BCUT2D eigenvalue weighted by atomic mass is 10.0. The van der Waals surface area contributed by atoms with Crippen molar-refractivity contribution in [2.24, 2.45) is 0 Å². The lowest BCUT2D eigenvalue weighted by molar-refractivity contribution is -0.116. The van der Waals surface area contributed by atoms with Crippen molar-refractivity contribution in [2.75, 3.05) is 24.2 Å². The summed E-state index contributed by atoms with van der Waals surface area (Å²) in [5, 5.41) is 19.8. The minimum absolute atomic E-state index is 0.0258. The van der Waals surface area contributed by atoms with Gasteiger partial charge in [-0.2, -0.15) is 11.8 Å². The summed E-state index contributed by atoms with van der Waals surface area (Å²) < 4.78 is 5.27. The van der Waals surface area contributed by atoms with Crippen LogP contribution in [-0.4, -0.2) is 59.1 Å². The van der Waals surface area contributed by atoms with Gasteiger partial charge in [-0.25, -0.2) is 0 Å². The molecule has 10 nitrogen and oxygen atoms in total. The van der Waals surface area contributed by atoms with Crippen molar-refractivity contribution >= 4 is 35.2 Å². The third-order valence-electron chi connectivity index (χ3n) is 7.32. The number of nitrogens with one attached hydrogen (secondary N) is 5. The largest absolute Gasteiger partial charge is 0.367 e. The fraction of sp³-hybridized carbons (Fsp3) is 0.355. The Kier molecular flexibility index (Phi) is 9.81. The maximum absolute atomic E-state index is 12.5. The van der Waals surface area contributed by atoms with Crippen molar-refractivity contribution in [1.29, 1.82) is 0 Å². The van der Waals surface area contributed by atoms with Crippen LogP contribution in [-0.2, 0) is 4.79 Å². The van der Waals surface area contributed by atoms with Crippen LogP contribution in [0.25, 0.3) is 11.3 Å². The average molecular weight is 589 g/mol. The summed E-state index contributed by atoms with van der Waals surface area (Å²) >= 11 is 1.99. The zero-order valence-corrected chi connectivity index (χ0v) is 24.2. The van der Waals surface area contributed by atoms with Crippen LogP contribution in [0.4, 0.5) is 5.69 Å². The fourth-order valence-corrected chi connectivity index (χ4v) is 6.66. The van der Waals surface area contributed by atoms with Crippen molar-refractivity contribution in [3.05, 3.63) is 84.3 Å². The van der Waals surface area contributed by atoms with Crippen molar-refractivity contribution in [1.82, 2.24) is 26.4 Å². The van der Waals surface area contributed by atoms with Crippen molar-refractivity contribution in [3.8, 4) is 11.3 Å². The summed E-state index contributed by atoms with van der Waals surface area (Å²) in [7, 11) is 0. The number of hydrogen-bond donors (Lipinski definition) is 5. The number of rotatable bonds is 13. The highest BCUT2D eigenvalue weighted by molar-refractivity contribution is 8.00. The molecule has 0 bridgehead atoms. The molecule has 2 fully saturated rings. The van der Waals surface area contributed by atoms with Crippen LogP contribution >= 0.6 is 11.8 Å². The van der Waals surface area contributed by atoms with Crippen LogP contribution in [0, 0.1) is 0 Å². The Morgan fingerprint density at radius 1 is 0.952 bits per heavy atom. The van der Waals surface area contributed by atoms with E-state index in [1.165, 1.54) is 0 Å². The Morgan fingerprint density at radius 2 is 1.71 bits per heavy atom. The Balaban J connectivity index is 0.941. The van der Waals surface area contributed by atoms with E-state index in [4.69, 9.17) is 4.52 Å². The van der Waals surface area contributed by atoms with E-state index < -0.39 is 0 Å². The zero-order valence-electron chi connectivity index (χ0n) is 23.4. The van der Waals surface area contributed by atoms with Gasteiger partial charge in [0.2, 0.25) is 5.91 Å². The number of carbonyl (C=O) groups excluding carboxylic acids is 3. The Morgan fingerprint density at radius 3 is 2.50 bits per heavy atom. The quantitative estimate of drug-likeness (QED) is 0.190. The summed E-state index contributed by atoms with van der Waals surface area (Å²) in [5.41, 5.74) is 2.21. The van der Waals surface area contributed by atoms with Gasteiger partial charge in [0.15, 0.2) is 11.5 Å². The summed E-state index contributed by atoms with van der Waals surface area (Å²) in [6.45, 7) is 4.74. The topological polar surface area (TPSA) is 137 Å². The molecule has 2 saturated heterocycles. The molecule has 3 amide bonds. The molecule has 5 rings (SSSR count). The van der Waals surface area contributed by atoms with E-state index in [1.807, 2.05) is 42.1 Å². The highest BCUT2D eigenvalue weighted by Crippen LogP contribution is 2.34. The van der Waals surface area contributed by atoms with Crippen LogP contribution in [0.15, 0.2) is 77.6 Å². The molecule has 2 aromatic carbocycles. The van der Waals surface area contributed by atoms with Gasteiger partial charge in [0, 0.05) is 53.4 Å². The molecule has 220 valence electrons. The average Bonchev–Trinajstić information content (AvgIpc) is 3.73. The molecule has 5 N–H and O–H groups in total. The standard InChI is InChI=1S/C31H36N6O4S/c1-20-34-25-19-42-27(29(25)35-20)10-5-6-11-28(38)36-23-14-12-22(13-15-23)30(39)32-16-7-17-33-31(40)24-18-26(41-37-24)21-8-3-2-4-9-21/h2-4,8-9,12-15,18,25,27,29,34-35H,1,5-7,10-11,16-17,19H2,(H,32,39)(H,33,40)(H,36,38)/t25-,27-,29-/m0/s1. The van der Waals surface area contributed by atoms with Gasteiger partial charge in [-0.15, -0.1) is 0 Å². The maximum Gasteiger partial charge on any atom is 0.273 e. The molecule has 2 aliphatic rings. The van der Waals surface area contributed by atoms with Crippen molar-refractivity contribution in [3.63, 3.8) is 0 Å². The molecule has 0 aliphatic carbocycles. The molecule has 0 unspecified atom stereocenters. The predicted molar refractivity (Wildman–Crippen MR) is 164 cm³/mol.